The Balaban J connectivity index is 2.24. The predicted molar refractivity (Wildman–Crippen MR) is 74.1 cm³/mol. The third kappa shape index (κ3) is 3.09. The molecule has 0 aliphatic heterocycles. The quantitative estimate of drug-likeness (QED) is 0.840. The fourth-order valence-corrected chi connectivity index (χ4v) is 4.23. The highest BCUT2D eigenvalue weighted by Crippen LogP contribution is 2.25. The van der Waals surface area contributed by atoms with E-state index in [2.05, 4.69) is 9.71 Å². The SMILES string of the molecule is CC(CCO)CNS(=O)(=O)c1c(Cl)nc2sccn12. The van der Waals surface area contributed by atoms with Crippen molar-refractivity contribution in [2.24, 2.45) is 5.92 Å². The molecule has 6 nitrogen and oxygen atoms in total. The topological polar surface area (TPSA) is 83.7 Å². The van der Waals surface area contributed by atoms with Gasteiger partial charge in [-0.1, -0.05) is 18.5 Å². The summed E-state index contributed by atoms with van der Waals surface area (Å²) >= 11 is 7.20. The van der Waals surface area contributed by atoms with E-state index in [9.17, 15) is 8.42 Å². The average Bonchev–Trinajstić information content (AvgIpc) is 2.86. The van der Waals surface area contributed by atoms with Crippen LogP contribution in [0, 0.1) is 5.92 Å². The van der Waals surface area contributed by atoms with Gasteiger partial charge in [0.1, 0.15) is 0 Å². The maximum atomic E-state index is 12.2. The number of imidazole rings is 1. The Labute approximate surface area is 120 Å². The highest BCUT2D eigenvalue weighted by molar-refractivity contribution is 7.89. The van der Waals surface area contributed by atoms with Crippen molar-refractivity contribution in [3.8, 4) is 0 Å². The van der Waals surface area contributed by atoms with Gasteiger partial charge in [-0.15, -0.1) is 11.3 Å². The summed E-state index contributed by atoms with van der Waals surface area (Å²) in [4.78, 5) is 4.53. The standard InChI is InChI=1S/C10H14ClN3O3S2/c1-7(2-4-15)6-12-19(16,17)9-8(11)13-10-14(9)3-5-18-10/h3,5,7,12,15H,2,4,6H2,1H3. The van der Waals surface area contributed by atoms with Crippen molar-refractivity contribution in [2.75, 3.05) is 13.2 Å². The van der Waals surface area contributed by atoms with Gasteiger partial charge >= 0.3 is 0 Å². The Bertz CT molecular complexity index is 665. The van der Waals surface area contributed by atoms with Crippen LogP contribution in [0.2, 0.25) is 5.15 Å². The highest BCUT2D eigenvalue weighted by Gasteiger charge is 2.25. The summed E-state index contributed by atoms with van der Waals surface area (Å²) in [5, 5.41) is 10.5. The molecular weight excluding hydrogens is 310 g/mol. The summed E-state index contributed by atoms with van der Waals surface area (Å²) in [7, 11) is -3.71. The van der Waals surface area contributed by atoms with Gasteiger partial charge in [0.05, 0.1) is 0 Å². The van der Waals surface area contributed by atoms with Crippen LogP contribution in [-0.4, -0.2) is 36.1 Å². The summed E-state index contributed by atoms with van der Waals surface area (Å²) in [5.74, 6) is 0.0458. The number of nitrogens with one attached hydrogen (secondary N) is 1. The molecule has 0 aliphatic carbocycles. The Morgan fingerprint density at radius 1 is 1.63 bits per heavy atom. The van der Waals surface area contributed by atoms with Crippen LogP contribution in [-0.2, 0) is 10.0 Å². The zero-order valence-corrected chi connectivity index (χ0v) is 12.6. The first-order valence-electron chi connectivity index (χ1n) is 5.67. The van der Waals surface area contributed by atoms with Gasteiger partial charge in [-0.3, -0.25) is 4.40 Å². The van der Waals surface area contributed by atoms with Crippen LogP contribution in [0.5, 0.6) is 0 Å². The molecule has 0 radical (unpaired) electrons. The van der Waals surface area contributed by atoms with Crippen LogP contribution in [0.15, 0.2) is 16.6 Å². The summed E-state index contributed by atoms with van der Waals surface area (Å²) in [6.45, 7) is 2.14. The van der Waals surface area contributed by atoms with Crippen LogP contribution in [0.1, 0.15) is 13.3 Å². The number of aromatic nitrogens is 2. The number of hydrogen-bond acceptors (Lipinski definition) is 5. The summed E-state index contributed by atoms with van der Waals surface area (Å²) in [6, 6.07) is 0. The Kier molecular flexibility index (Phi) is 4.46. The van der Waals surface area contributed by atoms with Gasteiger partial charge in [0, 0.05) is 24.7 Å². The van der Waals surface area contributed by atoms with Crippen molar-refractivity contribution in [1.29, 1.82) is 0 Å². The third-order valence-corrected chi connectivity index (χ3v) is 5.25. The van der Waals surface area contributed by atoms with Crippen molar-refractivity contribution >= 4 is 37.9 Å². The van der Waals surface area contributed by atoms with Crippen molar-refractivity contribution < 1.29 is 13.5 Å². The Morgan fingerprint density at radius 2 is 2.37 bits per heavy atom. The average molecular weight is 324 g/mol. The van der Waals surface area contributed by atoms with Crippen LogP contribution in [0.25, 0.3) is 4.96 Å². The largest absolute Gasteiger partial charge is 0.396 e. The number of aliphatic hydroxyl groups is 1. The van der Waals surface area contributed by atoms with Gasteiger partial charge < -0.3 is 5.11 Å². The van der Waals surface area contributed by atoms with Crippen molar-refractivity contribution in [1.82, 2.24) is 14.1 Å². The lowest BCUT2D eigenvalue weighted by Gasteiger charge is -2.11. The normalized spacial score (nSPS) is 14.1. The second-order valence-electron chi connectivity index (χ2n) is 4.23. The smallest absolute Gasteiger partial charge is 0.259 e. The highest BCUT2D eigenvalue weighted by atomic mass is 35.5. The van der Waals surface area contributed by atoms with E-state index < -0.39 is 10.0 Å². The maximum absolute atomic E-state index is 12.2. The molecule has 19 heavy (non-hydrogen) atoms. The second-order valence-corrected chi connectivity index (χ2v) is 7.15. The second kappa shape index (κ2) is 5.76. The number of fused-ring (bicyclic) bond motifs is 1. The minimum atomic E-state index is -3.71. The van der Waals surface area contributed by atoms with E-state index in [1.807, 2.05) is 6.92 Å². The van der Waals surface area contributed by atoms with E-state index in [0.717, 1.165) is 0 Å². The molecule has 0 aliphatic rings. The Hall–Kier alpha value is -0.670. The van der Waals surface area contributed by atoms with Crippen molar-refractivity contribution in [3.05, 3.63) is 16.7 Å². The Morgan fingerprint density at radius 3 is 3.05 bits per heavy atom. The molecule has 0 amide bonds. The number of sulfonamides is 1. The van der Waals surface area contributed by atoms with Crippen LogP contribution >= 0.6 is 22.9 Å². The lowest BCUT2D eigenvalue weighted by atomic mass is 10.1. The fourth-order valence-electron chi connectivity index (χ4n) is 1.62. The van der Waals surface area contributed by atoms with Gasteiger partial charge in [-0.25, -0.2) is 18.1 Å². The first kappa shape index (κ1) is 14.7. The molecule has 0 saturated heterocycles. The number of nitrogens with zero attached hydrogens (tertiary/aromatic N) is 2. The number of thiazole rings is 1. The molecule has 0 aromatic carbocycles. The minimum Gasteiger partial charge on any atom is -0.396 e. The van der Waals surface area contributed by atoms with Gasteiger partial charge in [0.2, 0.25) is 0 Å². The monoisotopic (exact) mass is 323 g/mol. The first-order chi connectivity index (χ1) is 8.95. The summed E-state index contributed by atoms with van der Waals surface area (Å²) < 4.78 is 28.4. The molecule has 0 saturated carbocycles. The van der Waals surface area contributed by atoms with E-state index in [0.29, 0.717) is 11.4 Å². The number of rotatable bonds is 6. The predicted octanol–water partition coefficient (Wildman–Crippen LogP) is 1.35. The minimum absolute atomic E-state index is 0.0328. The molecule has 1 atom stereocenters. The van der Waals surface area contributed by atoms with Crippen LogP contribution in [0.3, 0.4) is 0 Å². The lowest BCUT2D eigenvalue weighted by Crippen LogP contribution is -2.29. The molecule has 0 spiro atoms. The van der Waals surface area contributed by atoms with E-state index in [1.54, 1.807) is 11.6 Å². The number of aliphatic hydroxyl groups excluding tert-OH is 1. The maximum Gasteiger partial charge on any atom is 0.259 e. The van der Waals surface area contributed by atoms with E-state index in [-0.39, 0.29) is 29.2 Å². The van der Waals surface area contributed by atoms with Crippen molar-refractivity contribution in [3.63, 3.8) is 0 Å². The van der Waals surface area contributed by atoms with Crippen molar-refractivity contribution in [2.45, 2.75) is 18.4 Å². The third-order valence-electron chi connectivity index (χ3n) is 2.68. The summed E-state index contributed by atoms with van der Waals surface area (Å²) in [5.41, 5.74) is 0. The lowest BCUT2D eigenvalue weighted by molar-refractivity contribution is 0.263. The fraction of sp³-hybridized carbons (Fsp3) is 0.500. The molecule has 2 rings (SSSR count). The van der Waals surface area contributed by atoms with Gasteiger partial charge in [-0.05, 0) is 12.3 Å². The number of hydrogen-bond donors (Lipinski definition) is 2. The molecule has 0 bridgehead atoms. The molecule has 9 heteroatoms. The molecule has 0 fully saturated rings. The molecule has 2 heterocycles. The molecule has 2 N–H and O–H groups in total. The molecule has 1 unspecified atom stereocenters. The zero-order chi connectivity index (χ0) is 14.0. The molecule has 2 aromatic heterocycles. The van der Waals surface area contributed by atoms with Gasteiger partial charge in [0.15, 0.2) is 15.1 Å². The van der Waals surface area contributed by atoms with Gasteiger partial charge in [-0.2, -0.15) is 0 Å². The number of halogens is 1. The molecule has 2 aromatic rings. The molecule has 106 valence electrons. The van der Waals surface area contributed by atoms with Crippen LogP contribution < -0.4 is 4.72 Å². The molecular formula is C10H14ClN3O3S2. The first-order valence-corrected chi connectivity index (χ1v) is 8.41. The van der Waals surface area contributed by atoms with Gasteiger partial charge in [0.25, 0.3) is 10.0 Å². The summed E-state index contributed by atoms with van der Waals surface area (Å²) in [6.07, 6.45) is 2.15. The van der Waals surface area contributed by atoms with E-state index in [4.69, 9.17) is 16.7 Å². The zero-order valence-electron chi connectivity index (χ0n) is 10.2. The van der Waals surface area contributed by atoms with E-state index in [1.165, 1.54) is 15.7 Å². The van der Waals surface area contributed by atoms with E-state index >= 15 is 0 Å². The van der Waals surface area contributed by atoms with Crippen LogP contribution in [0.4, 0.5) is 0 Å².